The first-order chi connectivity index (χ1) is 10.1. The number of unbranched alkanes of at least 4 members (excludes halogenated alkanes) is 14. The van der Waals surface area contributed by atoms with Crippen molar-refractivity contribution < 1.29 is 13.2 Å². The molecular weight excluding hydrogens is 273 g/mol. The summed E-state index contributed by atoms with van der Waals surface area (Å²) in [5.74, 6) is 0. The van der Waals surface area contributed by atoms with Gasteiger partial charge in [0.15, 0.2) is 0 Å². The molecule has 3 heteroatoms. The van der Waals surface area contributed by atoms with Crippen LogP contribution in [0.4, 0.5) is 13.2 Å². The van der Waals surface area contributed by atoms with Gasteiger partial charge in [-0.1, -0.05) is 96.8 Å². The average molecular weight is 307 g/mol. The predicted octanol–water partition coefficient (Wildman–Crippen LogP) is 7.62. The standard InChI is InChI=1S/C18H34F3/c1-2-3-4-5-6-7-8-9-10-11-12-13-14-15-16-17-18(19,20)21/h1-17H2. The van der Waals surface area contributed by atoms with Crippen molar-refractivity contribution in [3.8, 4) is 0 Å². The highest BCUT2D eigenvalue weighted by Gasteiger charge is 2.25. The molecule has 1 radical (unpaired) electrons. The van der Waals surface area contributed by atoms with Gasteiger partial charge in [-0.3, -0.25) is 0 Å². The first-order valence-electron chi connectivity index (χ1n) is 8.92. The smallest absolute Gasteiger partial charge is 0.171 e. The lowest BCUT2D eigenvalue weighted by molar-refractivity contribution is -0.135. The van der Waals surface area contributed by atoms with Gasteiger partial charge in [-0.2, -0.15) is 13.2 Å². The van der Waals surface area contributed by atoms with Crippen LogP contribution < -0.4 is 0 Å². The average Bonchev–Trinajstić information content (AvgIpc) is 2.42. The molecule has 0 saturated carbocycles. The zero-order chi connectivity index (χ0) is 15.8. The summed E-state index contributed by atoms with van der Waals surface area (Å²) in [5, 5.41) is 0. The molecule has 0 amide bonds. The second kappa shape index (κ2) is 14.7. The van der Waals surface area contributed by atoms with Gasteiger partial charge in [-0.25, -0.2) is 0 Å². The summed E-state index contributed by atoms with van der Waals surface area (Å²) >= 11 is 0. The van der Waals surface area contributed by atoms with Crippen molar-refractivity contribution in [3.05, 3.63) is 6.92 Å². The topological polar surface area (TPSA) is 0 Å². The Morgan fingerprint density at radius 2 is 0.762 bits per heavy atom. The monoisotopic (exact) mass is 307 g/mol. The fourth-order valence-corrected chi connectivity index (χ4v) is 2.62. The minimum atomic E-state index is -3.96. The van der Waals surface area contributed by atoms with E-state index >= 15 is 0 Å². The SMILES string of the molecule is [CH2]CCCCCCCCCCCCCCCCC(F)(F)F. The third kappa shape index (κ3) is 19.8. The quantitative estimate of drug-likeness (QED) is 0.273. The van der Waals surface area contributed by atoms with Crippen LogP contribution in [-0.2, 0) is 0 Å². The zero-order valence-corrected chi connectivity index (χ0v) is 13.7. The van der Waals surface area contributed by atoms with Gasteiger partial charge < -0.3 is 0 Å². The van der Waals surface area contributed by atoms with E-state index in [1.807, 2.05) is 0 Å². The summed E-state index contributed by atoms with van der Waals surface area (Å²) in [6.45, 7) is 3.85. The summed E-state index contributed by atoms with van der Waals surface area (Å²) in [5.41, 5.74) is 0. The van der Waals surface area contributed by atoms with Crippen LogP contribution in [0.25, 0.3) is 0 Å². The van der Waals surface area contributed by atoms with Crippen LogP contribution in [-0.4, -0.2) is 6.18 Å². The third-order valence-electron chi connectivity index (χ3n) is 3.96. The molecule has 0 spiro atoms. The third-order valence-corrected chi connectivity index (χ3v) is 3.96. The van der Waals surface area contributed by atoms with E-state index in [0.717, 1.165) is 25.7 Å². The number of halogens is 3. The molecule has 0 fully saturated rings. The molecule has 0 saturated heterocycles. The van der Waals surface area contributed by atoms with Gasteiger partial charge >= 0.3 is 6.18 Å². The van der Waals surface area contributed by atoms with E-state index in [1.165, 1.54) is 64.2 Å². The first-order valence-corrected chi connectivity index (χ1v) is 8.92. The molecule has 0 unspecified atom stereocenters. The van der Waals surface area contributed by atoms with Crippen molar-refractivity contribution in [3.63, 3.8) is 0 Å². The lowest BCUT2D eigenvalue weighted by Gasteiger charge is -2.05. The summed E-state index contributed by atoms with van der Waals surface area (Å²) in [6.07, 6.45) is 12.7. The molecule has 0 N–H and O–H groups in total. The molecule has 0 aromatic rings. The normalized spacial score (nSPS) is 12.0. The van der Waals surface area contributed by atoms with Crippen LogP contribution in [0.1, 0.15) is 103 Å². The summed E-state index contributed by atoms with van der Waals surface area (Å²) < 4.78 is 35.8. The highest BCUT2D eigenvalue weighted by Crippen LogP contribution is 2.23. The molecule has 0 atom stereocenters. The van der Waals surface area contributed by atoms with Crippen LogP contribution in [0.2, 0.25) is 0 Å². The summed E-state index contributed by atoms with van der Waals surface area (Å²) in [4.78, 5) is 0. The van der Waals surface area contributed by atoms with E-state index in [9.17, 15) is 13.2 Å². The Balaban J connectivity index is 3.00. The minimum Gasteiger partial charge on any atom is -0.171 e. The van der Waals surface area contributed by atoms with E-state index in [0.29, 0.717) is 6.42 Å². The fourth-order valence-electron chi connectivity index (χ4n) is 2.62. The van der Waals surface area contributed by atoms with Gasteiger partial charge in [0.1, 0.15) is 0 Å². The van der Waals surface area contributed by atoms with Gasteiger partial charge in [0.05, 0.1) is 0 Å². The maximum absolute atomic E-state index is 11.9. The number of hydrogen-bond acceptors (Lipinski definition) is 0. The molecule has 0 aromatic heterocycles. The zero-order valence-electron chi connectivity index (χ0n) is 13.7. The van der Waals surface area contributed by atoms with Crippen molar-refractivity contribution in [1.82, 2.24) is 0 Å². The van der Waals surface area contributed by atoms with Gasteiger partial charge in [0, 0.05) is 6.42 Å². The van der Waals surface area contributed by atoms with Crippen LogP contribution in [0.3, 0.4) is 0 Å². The van der Waals surface area contributed by atoms with Gasteiger partial charge in [0.25, 0.3) is 0 Å². The maximum Gasteiger partial charge on any atom is 0.389 e. The van der Waals surface area contributed by atoms with Crippen LogP contribution >= 0.6 is 0 Å². The molecule has 21 heavy (non-hydrogen) atoms. The highest BCUT2D eigenvalue weighted by molar-refractivity contribution is 4.53. The van der Waals surface area contributed by atoms with E-state index < -0.39 is 12.6 Å². The predicted molar refractivity (Wildman–Crippen MR) is 85.3 cm³/mol. The molecule has 0 bridgehead atoms. The summed E-state index contributed by atoms with van der Waals surface area (Å²) in [7, 11) is 0. The highest BCUT2D eigenvalue weighted by atomic mass is 19.4. The molecule has 0 aromatic carbocycles. The Kier molecular flexibility index (Phi) is 14.6. The number of alkyl halides is 3. The fraction of sp³-hybridized carbons (Fsp3) is 0.944. The number of rotatable bonds is 15. The van der Waals surface area contributed by atoms with Gasteiger partial charge in [0.2, 0.25) is 0 Å². The van der Waals surface area contributed by atoms with Crippen molar-refractivity contribution in [2.45, 2.75) is 109 Å². The maximum atomic E-state index is 11.9. The van der Waals surface area contributed by atoms with E-state index in [-0.39, 0.29) is 0 Å². The van der Waals surface area contributed by atoms with Crippen LogP contribution in [0, 0.1) is 6.92 Å². The van der Waals surface area contributed by atoms with Crippen molar-refractivity contribution in [1.29, 1.82) is 0 Å². The Bertz CT molecular complexity index is 199. The molecule has 0 rings (SSSR count). The minimum absolute atomic E-state index is 0.303. The van der Waals surface area contributed by atoms with Crippen LogP contribution in [0.15, 0.2) is 0 Å². The van der Waals surface area contributed by atoms with Crippen molar-refractivity contribution in [2.24, 2.45) is 0 Å². The van der Waals surface area contributed by atoms with Crippen LogP contribution in [0.5, 0.6) is 0 Å². The van der Waals surface area contributed by atoms with Gasteiger partial charge in [-0.15, -0.1) is 0 Å². The molecular formula is C18H34F3. The Morgan fingerprint density at radius 3 is 1.05 bits per heavy atom. The first kappa shape index (κ1) is 20.8. The lowest BCUT2D eigenvalue weighted by atomic mass is 10.0. The Labute approximate surface area is 129 Å². The molecule has 0 nitrogen and oxygen atoms in total. The molecule has 127 valence electrons. The Hall–Kier alpha value is -0.210. The summed E-state index contributed by atoms with van der Waals surface area (Å²) in [6, 6.07) is 0. The van der Waals surface area contributed by atoms with E-state index in [1.54, 1.807) is 0 Å². The number of hydrogen-bond donors (Lipinski definition) is 0. The second-order valence-electron chi connectivity index (χ2n) is 6.17. The molecule has 0 heterocycles. The Morgan fingerprint density at radius 1 is 0.476 bits per heavy atom. The molecule has 0 aliphatic heterocycles. The second-order valence-corrected chi connectivity index (χ2v) is 6.17. The largest absolute Gasteiger partial charge is 0.389 e. The molecule has 0 aliphatic rings. The van der Waals surface area contributed by atoms with E-state index in [4.69, 9.17) is 0 Å². The van der Waals surface area contributed by atoms with Crippen molar-refractivity contribution >= 4 is 0 Å². The lowest BCUT2D eigenvalue weighted by Crippen LogP contribution is -2.06. The van der Waals surface area contributed by atoms with E-state index in [2.05, 4.69) is 6.92 Å². The van der Waals surface area contributed by atoms with Gasteiger partial charge in [-0.05, 0) is 6.42 Å². The molecule has 0 aliphatic carbocycles. The van der Waals surface area contributed by atoms with Crippen molar-refractivity contribution in [2.75, 3.05) is 0 Å².